The van der Waals surface area contributed by atoms with Gasteiger partial charge < -0.3 is 18.9 Å². The lowest BCUT2D eigenvalue weighted by atomic mass is 10.0. The van der Waals surface area contributed by atoms with Gasteiger partial charge in [-0.2, -0.15) is 0 Å². The van der Waals surface area contributed by atoms with Crippen LogP contribution in [-0.2, 0) is 27.9 Å². The zero-order valence-electron chi connectivity index (χ0n) is 41.2. The Kier molecular flexibility index (Phi) is 44.8. The van der Waals surface area contributed by atoms with Crippen LogP contribution in [0.25, 0.3) is 0 Å². The van der Waals surface area contributed by atoms with Gasteiger partial charge in [-0.05, 0) is 38.5 Å². The maximum Gasteiger partial charge on any atom is 0.472 e. The van der Waals surface area contributed by atoms with E-state index in [9.17, 15) is 14.3 Å². The van der Waals surface area contributed by atoms with Crippen molar-refractivity contribution < 1.29 is 37.3 Å². The summed E-state index contributed by atoms with van der Waals surface area (Å²) in [6, 6.07) is 0. The van der Waals surface area contributed by atoms with Crippen molar-refractivity contribution in [2.75, 3.05) is 54.1 Å². The molecule has 0 rings (SSSR count). The first kappa shape index (κ1) is 60.0. The first-order chi connectivity index (χ1) is 29.6. The summed E-state index contributed by atoms with van der Waals surface area (Å²) in [7, 11) is 1.67. The molecule has 9 heteroatoms. The Bertz CT molecular complexity index is 1030. The summed E-state index contributed by atoms with van der Waals surface area (Å²) in [4.78, 5) is 23.0. The Morgan fingerprint density at radius 2 is 0.934 bits per heavy atom. The molecule has 0 saturated carbocycles. The maximum atomic E-state index is 12.8. The number of carbonyl (C=O) groups excluding carboxylic acids is 1. The average Bonchev–Trinajstić information content (AvgIpc) is 3.22. The summed E-state index contributed by atoms with van der Waals surface area (Å²) in [6.45, 7) is 5.58. The first-order valence-electron chi connectivity index (χ1n) is 26.1. The van der Waals surface area contributed by atoms with Gasteiger partial charge in [0, 0.05) is 13.0 Å². The van der Waals surface area contributed by atoms with Crippen LogP contribution in [0, 0.1) is 0 Å². The number of allylic oxidation sites excluding steroid dienone is 4. The number of unbranched alkanes of at least 4 members (excludes halogenated alkanes) is 31. The van der Waals surface area contributed by atoms with Gasteiger partial charge >= 0.3 is 13.8 Å². The van der Waals surface area contributed by atoms with Crippen molar-refractivity contribution in [1.82, 2.24) is 0 Å². The molecule has 0 bridgehead atoms. The molecule has 8 nitrogen and oxygen atoms in total. The van der Waals surface area contributed by atoms with Crippen molar-refractivity contribution in [1.29, 1.82) is 0 Å². The lowest BCUT2D eigenvalue weighted by Crippen LogP contribution is -2.37. The lowest BCUT2D eigenvalue weighted by molar-refractivity contribution is -0.870. The van der Waals surface area contributed by atoms with E-state index in [1.54, 1.807) is 0 Å². The molecule has 0 aliphatic rings. The minimum Gasteiger partial charge on any atom is -0.457 e. The van der Waals surface area contributed by atoms with Crippen LogP contribution in [0.3, 0.4) is 0 Å². The van der Waals surface area contributed by atoms with E-state index in [1.807, 2.05) is 21.1 Å². The standard InChI is InChI=1S/C52H102NO7P/c1-6-8-10-12-14-16-18-20-22-23-24-25-26-27-28-29-30-31-32-33-35-37-39-41-43-45-52(54)60-51(50-59-61(55,56)58-48-46-53(3,4)5)49-57-47-44-42-40-38-36-34-21-19-17-15-13-11-9-7-2/h11,13,17,19,51H,6-10,12,14-16,18,20-50H2,1-5H3/p+1/b13-11-,19-17-. The number of quaternary nitrogens is 1. The molecule has 0 aromatic carbocycles. The molecule has 0 aliphatic heterocycles. The Labute approximate surface area is 379 Å². The molecule has 2 atom stereocenters. The third-order valence-electron chi connectivity index (χ3n) is 11.5. The number of phosphoric ester groups is 1. The predicted molar refractivity (Wildman–Crippen MR) is 261 cm³/mol. The number of nitrogens with zero attached hydrogens (tertiary/aromatic N) is 1. The highest BCUT2D eigenvalue weighted by atomic mass is 31.2. The van der Waals surface area contributed by atoms with Crippen LogP contribution in [0.4, 0.5) is 0 Å². The fourth-order valence-electron chi connectivity index (χ4n) is 7.48. The molecule has 61 heavy (non-hydrogen) atoms. The summed E-state index contributed by atoms with van der Waals surface area (Å²) < 4.78 is 35.1. The van der Waals surface area contributed by atoms with Gasteiger partial charge in [0.1, 0.15) is 19.3 Å². The third-order valence-corrected chi connectivity index (χ3v) is 12.5. The predicted octanol–water partition coefficient (Wildman–Crippen LogP) is 16.0. The van der Waals surface area contributed by atoms with Crippen molar-refractivity contribution in [3.63, 3.8) is 0 Å². The smallest absolute Gasteiger partial charge is 0.457 e. The number of rotatable bonds is 49. The van der Waals surface area contributed by atoms with E-state index >= 15 is 0 Å². The zero-order chi connectivity index (χ0) is 44.8. The molecule has 0 spiro atoms. The highest BCUT2D eigenvalue weighted by Gasteiger charge is 2.26. The summed E-state index contributed by atoms with van der Waals surface area (Å²) in [5, 5.41) is 0. The molecule has 0 amide bonds. The van der Waals surface area contributed by atoms with Gasteiger partial charge in [0.2, 0.25) is 0 Å². The van der Waals surface area contributed by atoms with E-state index in [0.29, 0.717) is 24.1 Å². The van der Waals surface area contributed by atoms with Gasteiger partial charge in [-0.3, -0.25) is 13.8 Å². The molecule has 0 aromatic heterocycles. The molecule has 362 valence electrons. The molecular weight excluding hydrogens is 782 g/mol. The van der Waals surface area contributed by atoms with Crippen molar-refractivity contribution in [3.8, 4) is 0 Å². The highest BCUT2D eigenvalue weighted by Crippen LogP contribution is 2.43. The van der Waals surface area contributed by atoms with E-state index in [-0.39, 0.29) is 25.8 Å². The van der Waals surface area contributed by atoms with Gasteiger partial charge in [-0.15, -0.1) is 0 Å². The molecule has 0 radical (unpaired) electrons. The second kappa shape index (κ2) is 45.5. The quantitative estimate of drug-likeness (QED) is 0.0214. The van der Waals surface area contributed by atoms with Crippen molar-refractivity contribution in [2.24, 2.45) is 0 Å². The summed E-state index contributed by atoms with van der Waals surface area (Å²) >= 11 is 0. The van der Waals surface area contributed by atoms with Crippen LogP contribution in [0.15, 0.2) is 24.3 Å². The van der Waals surface area contributed by atoms with Crippen LogP contribution in [0.5, 0.6) is 0 Å². The Morgan fingerprint density at radius 1 is 0.508 bits per heavy atom. The van der Waals surface area contributed by atoms with Crippen LogP contribution in [0.1, 0.15) is 245 Å². The van der Waals surface area contributed by atoms with Gasteiger partial charge in [0.05, 0.1) is 34.4 Å². The summed E-state index contributed by atoms with van der Waals surface area (Å²) in [5.41, 5.74) is 0. The molecule has 0 aliphatic carbocycles. The number of esters is 1. The van der Waals surface area contributed by atoms with Crippen molar-refractivity contribution in [3.05, 3.63) is 24.3 Å². The topological polar surface area (TPSA) is 91.3 Å². The van der Waals surface area contributed by atoms with E-state index in [2.05, 4.69) is 38.2 Å². The molecule has 0 heterocycles. The van der Waals surface area contributed by atoms with E-state index in [0.717, 1.165) is 44.9 Å². The Balaban J connectivity index is 4.03. The van der Waals surface area contributed by atoms with Crippen LogP contribution in [-0.4, -0.2) is 75.6 Å². The monoisotopic (exact) mass is 885 g/mol. The number of hydrogen-bond acceptors (Lipinski definition) is 6. The molecule has 0 saturated heterocycles. The average molecular weight is 885 g/mol. The normalized spacial score (nSPS) is 13.7. The Morgan fingerprint density at radius 3 is 1.39 bits per heavy atom. The number of phosphoric acid groups is 1. The van der Waals surface area contributed by atoms with Gasteiger partial charge in [0.15, 0.2) is 0 Å². The highest BCUT2D eigenvalue weighted by molar-refractivity contribution is 7.47. The minimum absolute atomic E-state index is 0.0885. The summed E-state index contributed by atoms with van der Waals surface area (Å²) in [5.74, 6) is -0.312. The Hall–Kier alpha value is -1.02. The van der Waals surface area contributed by atoms with E-state index in [4.69, 9.17) is 18.5 Å². The van der Waals surface area contributed by atoms with Gasteiger partial charge in [-0.1, -0.05) is 224 Å². The lowest BCUT2D eigenvalue weighted by Gasteiger charge is -2.24. The first-order valence-corrected chi connectivity index (χ1v) is 27.6. The van der Waals surface area contributed by atoms with E-state index < -0.39 is 13.9 Å². The molecule has 0 fully saturated rings. The SMILES string of the molecule is CCC/C=C\C/C=C\CCCCCCCCOCC(COP(=O)(O)OCC[N+](C)(C)C)OC(=O)CCCCCCCCCCCCCCCCCCCCCCCCCCC. The fraction of sp³-hybridized carbons (Fsp3) is 0.904. The van der Waals surface area contributed by atoms with Gasteiger partial charge in [-0.25, -0.2) is 4.57 Å². The fourth-order valence-corrected chi connectivity index (χ4v) is 8.22. The largest absolute Gasteiger partial charge is 0.472 e. The number of ether oxygens (including phenoxy) is 2. The number of likely N-dealkylation sites (N-methyl/N-ethyl adjacent to an activating group) is 1. The van der Waals surface area contributed by atoms with Crippen LogP contribution in [0.2, 0.25) is 0 Å². The van der Waals surface area contributed by atoms with Crippen molar-refractivity contribution >= 4 is 13.8 Å². The molecule has 0 aromatic rings. The number of carbonyl (C=O) groups is 1. The molecular formula is C52H103NO7P+. The number of hydrogen-bond donors (Lipinski definition) is 1. The zero-order valence-corrected chi connectivity index (χ0v) is 42.1. The van der Waals surface area contributed by atoms with E-state index in [1.165, 1.54) is 180 Å². The maximum absolute atomic E-state index is 12.8. The molecule has 1 N–H and O–H groups in total. The van der Waals surface area contributed by atoms with Crippen molar-refractivity contribution in [2.45, 2.75) is 251 Å². The second-order valence-electron chi connectivity index (χ2n) is 18.9. The van der Waals surface area contributed by atoms with Gasteiger partial charge in [0.25, 0.3) is 0 Å². The van der Waals surface area contributed by atoms with Crippen LogP contribution < -0.4 is 0 Å². The third kappa shape index (κ3) is 49.8. The minimum atomic E-state index is -4.28. The second-order valence-corrected chi connectivity index (χ2v) is 20.4. The molecule has 2 unspecified atom stereocenters. The van der Waals surface area contributed by atoms with Crippen LogP contribution >= 0.6 is 7.82 Å². The summed E-state index contributed by atoms with van der Waals surface area (Å²) in [6.07, 6.45) is 53.8.